The minimum atomic E-state index is -1.80. The second-order valence-corrected chi connectivity index (χ2v) is 26.1. The van der Waals surface area contributed by atoms with Crippen LogP contribution in [0.2, 0.25) is 0 Å². The average Bonchev–Trinajstić information content (AvgIpc) is 1.26. The van der Waals surface area contributed by atoms with Crippen molar-refractivity contribution < 1.29 is 64.6 Å². The largest absolute Gasteiger partial charge is 0.394 e. The number of ether oxygens (including phenoxy) is 4. The first kappa shape index (κ1) is 83.5. The van der Waals surface area contributed by atoms with Gasteiger partial charge in [0.15, 0.2) is 12.6 Å². The maximum absolute atomic E-state index is 13.3. The van der Waals surface area contributed by atoms with E-state index in [0.717, 1.165) is 57.8 Å². The average molecular weight is 1270 g/mol. The standard InChI is InChI=1S/C76H137NO13/c1-3-5-7-9-11-13-15-17-19-21-23-25-27-29-31-32-34-36-38-40-42-44-46-48-50-52-54-56-58-60-68(81)77-64(63-87-75-73(86)71(84)74(67(62-79)89-75)90-76-72(85)70(83)69(82)66(61-78)88-76)65(80)59-57-55-53-51-49-47-45-43-41-39-37-35-33-30-28-26-24-22-20-18-16-14-12-10-8-6-4-2/h15,17,21,23,27,29,41,43,49,51,57,59,64-67,69-76,78-80,82-86H,3-14,16,18-20,22,24-26,28,30-40,42,44-48,50,52-56,58,60-63H2,1-2H3,(H,77,81)/b17-15-,23-21-,29-27-,43-41+,51-49+,59-57+. The molecular formula is C76H137NO13. The van der Waals surface area contributed by atoms with Crippen molar-refractivity contribution in [3.8, 4) is 0 Å². The van der Waals surface area contributed by atoms with Gasteiger partial charge in [0.1, 0.15) is 48.8 Å². The maximum atomic E-state index is 13.3. The van der Waals surface area contributed by atoms with E-state index >= 15 is 0 Å². The summed E-state index contributed by atoms with van der Waals surface area (Å²) < 4.78 is 22.9. The highest BCUT2D eigenvalue weighted by Gasteiger charge is 2.51. The third-order valence-corrected chi connectivity index (χ3v) is 17.8. The van der Waals surface area contributed by atoms with Crippen LogP contribution in [0.5, 0.6) is 0 Å². The Morgan fingerprint density at radius 1 is 0.400 bits per heavy atom. The molecule has 524 valence electrons. The van der Waals surface area contributed by atoms with Gasteiger partial charge in [-0.2, -0.15) is 0 Å². The van der Waals surface area contributed by atoms with Crippen LogP contribution >= 0.6 is 0 Å². The number of aliphatic hydroxyl groups excluding tert-OH is 8. The Morgan fingerprint density at radius 2 is 0.744 bits per heavy atom. The molecule has 2 saturated heterocycles. The zero-order valence-corrected chi connectivity index (χ0v) is 57.1. The normalized spacial score (nSPS) is 23.3. The second-order valence-electron chi connectivity index (χ2n) is 26.1. The van der Waals surface area contributed by atoms with Gasteiger partial charge in [0.2, 0.25) is 5.91 Å². The number of amides is 1. The van der Waals surface area contributed by atoms with Crippen molar-refractivity contribution in [3.05, 3.63) is 72.9 Å². The van der Waals surface area contributed by atoms with Gasteiger partial charge >= 0.3 is 0 Å². The first-order chi connectivity index (χ1) is 44.1. The molecule has 2 rings (SSSR count). The van der Waals surface area contributed by atoms with Gasteiger partial charge in [-0.05, 0) is 83.5 Å². The van der Waals surface area contributed by atoms with Crippen LogP contribution in [0, 0.1) is 0 Å². The van der Waals surface area contributed by atoms with E-state index in [1.165, 1.54) is 218 Å². The molecule has 1 amide bonds. The topological polar surface area (TPSA) is 228 Å². The van der Waals surface area contributed by atoms with Crippen molar-refractivity contribution >= 4 is 5.91 Å². The molecule has 0 radical (unpaired) electrons. The molecule has 0 aromatic carbocycles. The molecule has 0 spiro atoms. The maximum Gasteiger partial charge on any atom is 0.220 e. The summed E-state index contributed by atoms with van der Waals surface area (Å²) in [5.41, 5.74) is 0. The zero-order valence-electron chi connectivity index (χ0n) is 57.1. The van der Waals surface area contributed by atoms with Gasteiger partial charge in [-0.3, -0.25) is 4.79 Å². The predicted octanol–water partition coefficient (Wildman–Crippen LogP) is 15.8. The van der Waals surface area contributed by atoms with Crippen LogP contribution in [-0.4, -0.2) is 140 Å². The van der Waals surface area contributed by atoms with Crippen LogP contribution in [0.3, 0.4) is 0 Å². The summed E-state index contributed by atoms with van der Waals surface area (Å²) in [4.78, 5) is 13.3. The quantitative estimate of drug-likeness (QED) is 0.0204. The number of hydrogen-bond donors (Lipinski definition) is 9. The second kappa shape index (κ2) is 60.1. The van der Waals surface area contributed by atoms with Crippen LogP contribution in [0.25, 0.3) is 0 Å². The van der Waals surface area contributed by atoms with Crippen LogP contribution in [-0.2, 0) is 23.7 Å². The van der Waals surface area contributed by atoms with Crippen LogP contribution < -0.4 is 5.32 Å². The number of carbonyl (C=O) groups is 1. The third kappa shape index (κ3) is 43.4. The van der Waals surface area contributed by atoms with Crippen molar-refractivity contribution in [1.82, 2.24) is 5.32 Å². The molecule has 0 aromatic rings. The molecule has 14 nitrogen and oxygen atoms in total. The number of aliphatic hydroxyl groups is 8. The van der Waals surface area contributed by atoms with Gasteiger partial charge in [-0.25, -0.2) is 0 Å². The van der Waals surface area contributed by atoms with E-state index in [9.17, 15) is 45.6 Å². The van der Waals surface area contributed by atoms with E-state index in [-0.39, 0.29) is 18.9 Å². The molecule has 0 aliphatic carbocycles. The van der Waals surface area contributed by atoms with Crippen LogP contribution in [0.1, 0.15) is 309 Å². The molecule has 12 unspecified atom stereocenters. The fraction of sp³-hybridized carbons (Fsp3) is 0.829. The van der Waals surface area contributed by atoms with Crippen molar-refractivity contribution in [1.29, 1.82) is 0 Å². The molecule has 0 saturated carbocycles. The lowest BCUT2D eigenvalue weighted by Crippen LogP contribution is -2.65. The number of rotatable bonds is 61. The third-order valence-electron chi connectivity index (χ3n) is 17.8. The molecule has 0 bridgehead atoms. The zero-order chi connectivity index (χ0) is 65.2. The van der Waals surface area contributed by atoms with E-state index in [1.54, 1.807) is 6.08 Å². The monoisotopic (exact) mass is 1270 g/mol. The minimum absolute atomic E-state index is 0.252. The summed E-state index contributed by atoms with van der Waals surface area (Å²) in [7, 11) is 0. The Hall–Kier alpha value is -2.57. The predicted molar refractivity (Wildman–Crippen MR) is 369 cm³/mol. The molecule has 90 heavy (non-hydrogen) atoms. The van der Waals surface area contributed by atoms with Gasteiger partial charge in [0.05, 0.1) is 32.0 Å². The molecule has 2 aliphatic heterocycles. The van der Waals surface area contributed by atoms with E-state index in [4.69, 9.17) is 18.9 Å². The Balaban J connectivity index is 1.69. The summed E-state index contributed by atoms with van der Waals surface area (Å²) in [6.07, 6.45) is 65.4. The molecule has 2 heterocycles. The summed E-state index contributed by atoms with van der Waals surface area (Å²) in [6, 6.07) is -0.943. The lowest BCUT2D eigenvalue weighted by molar-refractivity contribution is -0.359. The Morgan fingerprint density at radius 3 is 1.17 bits per heavy atom. The molecule has 14 heteroatoms. The Kier molecular flexibility index (Phi) is 55.8. The first-order valence-electron chi connectivity index (χ1n) is 37.2. The van der Waals surface area contributed by atoms with E-state index < -0.39 is 86.8 Å². The van der Waals surface area contributed by atoms with Crippen LogP contribution in [0.15, 0.2) is 72.9 Å². The molecule has 0 aromatic heterocycles. The number of nitrogens with one attached hydrogen (secondary N) is 1. The summed E-state index contributed by atoms with van der Waals surface area (Å²) in [6.45, 7) is 2.80. The van der Waals surface area contributed by atoms with Crippen molar-refractivity contribution in [2.75, 3.05) is 19.8 Å². The van der Waals surface area contributed by atoms with Crippen LogP contribution in [0.4, 0.5) is 0 Å². The SMILES string of the molecule is CCCCCCC/C=C\C/C=C\C/C=C\CCCCCCCCCCCCCCCCC(=O)NC(COC1OC(CO)C(OC2OC(CO)C(O)C(O)C2O)C(O)C1O)C(O)/C=C/CC/C=C/CC/C=C/CCCCCCCCCCCCCCCCCCC. The summed E-state index contributed by atoms with van der Waals surface area (Å²) in [5, 5.41) is 87.5. The molecular weight excluding hydrogens is 1130 g/mol. The van der Waals surface area contributed by atoms with E-state index in [0.29, 0.717) is 12.8 Å². The van der Waals surface area contributed by atoms with E-state index in [2.05, 4.69) is 79.9 Å². The Labute approximate surface area is 548 Å². The summed E-state index contributed by atoms with van der Waals surface area (Å²) >= 11 is 0. The van der Waals surface area contributed by atoms with Gasteiger partial charge < -0.3 is 65.1 Å². The fourth-order valence-corrected chi connectivity index (χ4v) is 11.9. The molecule has 12 atom stereocenters. The van der Waals surface area contributed by atoms with E-state index in [1.807, 2.05) is 6.08 Å². The highest BCUT2D eigenvalue weighted by Crippen LogP contribution is 2.30. The Bertz CT molecular complexity index is 1790. The molecule has 2 aliphatic rings. The highest BCUT2D eigenvalue weighted by molar-refractivity contribution is 5.76. The lowest BCUT2D eigenvalue weighted by atomic mass is 9.97. The van der Waals surface area contributed by atoms with Gasteiger partial charge in [-0.15, -0.1) is 0 Å². The number of hydrogen-bond acceptors (Lipinski definition) is 13. The van der Waals surface area contributed by atoms with Crippen molar-refractivity contribution in [2.24, 2.45) is 0 Å². The lowest BCUT2D eigenvalue weighted by Gasteiger charge is -2.46. The summed E-state index contributed by atoms with van der Waals surface area (Å²) in [5.74, 6) is -0.252. The number of carbonyl (C=O) groups excluding carboxylic acids is 1. The highest BCUT2D eigenvalue weighted by atomic mass is 16.7. The van der Waals surface area contributed by atoms with Gasteiger partial charge in [0.25, 0.3) is 0 Å². The fourth-order valence-electron chi connectivity index (χ4n) is 11.9. The van der Waals surface area contributed by atoms with Gasteiger partial charge in [0, 0.05) is 6.42 Å². The van der Waals surface area contributed by atoms with Crippen molar-refractivity contribution in [3.63, 3.8) is 0 Å². The molecule has 9 N–H and O–H groups in total. The minimum Gasteiger partial charge on any atom is -0.394 e. The smallest absolute Gasteiger partial charge is 0.220 e. The number of allylic oxidation sites excluding steroid dienone is 11. The number of unbranched alkanes of at least 4 members (excludes halogenated alkanes) is 38. The van der Waals surface area contributed by atoms with Gasteiger partial charge in [-0.1, -0.05) is 292 Å². The first-order valence-corrected chi connectivity index (χ1v) is 37.2. The van der Waals surface area contributed by atoms with Crippen molar-refractivity contribution in [2.45, 2.75) is 383 Å². The molecule has 2 fully saturated rings.